The van der Waals surface area contributed by atoms with Gasteiger partial charge in [-0.1, -0.05) is 24.3 Å². The van der Waals surface area contributed by atoms with E-state index in [1.807, 2.05) is 43.6 Å². The van der Waals surface area contributed by atoms with Crippen LogP contribution in [-0.4, -0.2) is 22.0 Å². The fraction of sp³-hybridized carbons (Fsp3) is 0.333. The summed E-state index contributed by atoms with van der Waals surface area (Å²) < 4.78 is 27.4. The Morgan fingerprint density at radius 2 is 2.00 bits per heavy atom. The first kappa shape index (κ1) is 16.2. The summed E-state index contributed by atoms with van der Waals surface area (Å²) >= 11 is 1.26. The van der Waals surface area contributed by atoms with E-state index >= 15 is 0 Å². The third kappa shape index (κ3) is 4.38. The Kier molecular flexibility index (Phi) is 5.52. The monoisotopic (exact) mass is 324 g/mol. The van der Waals surface area contributed by atoms with E-state index < -0.39 is 10.0 Å². The molecule has 0 fully saturated rings. The molecule has 2 N–H and O–H groups in total. The molecule has 6 heteroatoms. The lowest BCUT2D eigenvalue weighted by atomic mass is 10.1. The topological polar surface area (TPSA) is 58.2 Å². The molecule has 0 unspecified atom stereocenters. The molecule has 4 nitrogen and oxygen atoms in total. The number of benzene rings is 1. The molecule has 0 amide bonds. The van der Waals surface area contributed by atoms with Gasteiger partial charge in [0.2, 0.25) is 10.0 Å². The van der Waals surface area contributed by atoms with Gasteiger partial charge >= 0.3 is 0 Å². The minimum atomic E-state index is -3.40. The molecule has 0 aliphatic carbocycles. The van der Waals surface area contributed by atoms with Crippen LogP contribution < -0.4 is 10.0 Å². The average molecular weight is 324 g/mol. The summed E-state index contributed by atoms with van der Waals surface area (Å²) in [6.45, 7) is 3.12. The lowest BCUT2D eigenvalue weighted by Crippen LogP contribution is -2.25. The lowest BCUT2D eigenvalue weighted by Gasteiger charge is -2.07. The van der Waals surface area contributed by atoms with Gasteiger partial charge in [0.25, 0.3) is 0 Å². The second kappa shape index (κ2) is 7.17. The number of nitrogens with one attached hydrogen (secondary N) is 2. The van der Waals surface area contributed by atoms with E-state index in [0.717, 1.165) is 5.56 Å². The van der Waals surface area contributed by atoms with Crippen LogP contribution >= 0.6 is 11.3 Å². The minimum absolute atomic E-state index is 0.373. The maximum atomic E-state index is 12.2. The molecule has 114 valence electrons. The van der Waals surface area contributed by atoms with Crippen molar-refractivity contribution in [1.82, 2.24) is 10.0 Å². The van der Waals surface area contributed by atoms with Gasteiger partial charge in [-0.2, -0.15) is 0 Å². The first-order valence-electron chi connectivity index (χ1n) is 6.79. The van der Waals surface area contributed by atoms with E-state index in [-0.39, 0.29) is 0 Å². The van der Waals surface area contributed by atoms with Crippen LogP contribution in [0.2, 0.25) is 0 Å². The summed E-state index contributed by atoms with van der Waals surface area (Å²) in [4.78, 5) is 0. The summed E-state index contributed by atoms with van der Waals surface area (Å²) in [5.41, 5.74) is 3.34. The molecule has 0 atom stereocenters. The lowest BCUT2D eigenvalue weighted by molar-refractivity contribution is 0.583. The highest BCUT2D eigenvalue weighted by molar-refractivity contribution is 7.91. The van der Waals surface area contributed by atoms with Crippen molar-refractivity contribution >= 4 is 21.4 Å². The van der Waals surface area contributed by atoms with Crippen molar-refractivity contribution in [3.63, 3.8) is 0 Å². The van der Waals surface area contributed by atoms with E-state index in [0.29, 0.717) is 23.7 Å². The van der Waals surface area contributed by atoms with Crippen LogP contribution in [0, 0.1) is 6.92 Å². The molecule has 0 aliphatic rings. The maximum Gasteiger partial charge on any atom is 0.250 e. The van der Waals surface area contributed by atoms with Crippen molar-refractivity contribution < 1.29 is 8.42 Å². The fourth-order valence-corrected chi connectivity index (χ4v) is 4.36. The van der Waals surface area contributed by atoms with Gasteiger partial charge < -0.3 is 5.32 Å². The van der Waals surface area contributed by atoms with Crippen LogP contribution in [0.1, 0.15) is 16.7 Å². The summed E-state index contributed by atoms with van der Waals surface area (Å²) in [5, 5.41) is 4.88. The van der Waals surface area contributed by atoms with Crippen molar-refractivity contribution in [2.24, 2.45) is 0 Å². The van der Waals surface area contributed by atoms with Gasteiger partial charge in [0.05, 0.1) is 0 Å². The Morgan fingerprint density at radius 1 is 1.24 bits per heavy atom. The van der Waals surface area contributed by atoms with Gasteiger partial charge in [0.15, 0.2) is 0 Å². The molecule has 2 aromatic rings. The number of hydrogen-bond donors (Lipinski definition) is 2. The van der Waals surface area contributed by atoms with Gasteiger partial charge in [-0.05, 0) is 48.5 Å². The Balaban J connectivity index is 1.96. The second-order valence-corrected chi connectivity index (χ2v) is 7.78. The highest BCUT2D eigenvalue weighted by atomic mass is 32.2. The predicted molar refractivity (Wildman–Crippen MR) is 87.2 cm³/mol. The molecule has 1 aromatic carbocycles. The van der Waals surface area contributed by atoms with Crippen molar-refractivity contribution in [3.05, 3.63) is 52.4 Å². The number of rotatable bonds is 7. The van der Waals surface area contributed by atoms with Crippen LogP contribution in [0.15, 0.2) is 39.9 Å². The van der Waals surface area contributed by atoms with Gasteiger partial charge in [-0.3, -0.25) is 0 Å². The third-order valence-electron chi connectivity index (χ3n) is 3.22. The summed E-state index contributed by atoms with van der Waals surface area (Å²) in [6.07, 6.45) is 0.695. The molecule has 0 saturated heterocycles. The zero-order valence-electron chi connectivity index (χ0n) is 12.2. The smallest absolute Gasteiger partial charge is 0.250 e. The molecule has 0 spiro atoms. The summed E-state index contributed by atoms with van der Waals surface area (Å²) in [7, 11) is -1.56. The van der Waals surface area contributed by atoms with Gasteiger partial charge in [-0.25, -0.2) is 13.1 Å². The van der Waals surface area contributed by atoms with E-state index in [2.05, 4.69) is 10.0 Å². The molecular weight excluding hydrogens is 304 g/mol. The normalized spacial score (nSPS) is 11.7. The van der Waals surface area contributed by atoms with E-state index in [1.54, 1.807) is 6.07 Å². The van der Waals surface area contributed by atoms with Crippen LogP contribution in [0.5, 0.6) is 0 Å². The van der Waals surface area contributed by atoms with Crippen molar-refractivity contribution in [2.75, 3.05) is 13.6 Å². The number of thiophene rings is 1. The van der Waals surface area contributed by atoms with E-state index in [9.17, 15) is 8.42 Å². The molecule has 1 heterocycles. The fourth-order valence-electron chi connectivity index (χ4n) is 2.07. The molecule has 0 aliphatic heterocycles. The standard InChI is InChI=1S/C15H20N2O2S2/c1-12-5-3-4-6-14(12)7-8-17-21(18,19)15-9-13(10-16-2)11-20-15/h3-6,9,11,16-17H,7-8,10H2,1-2H3. The van der Waals surface area contributed by atoms with E-state index in [1.165, 1.54) is 22.5 Å². The third-order valence-corrected chi connectivity index (χ3v) is 6.17. The van der Waals surface area contributed by atoms with Crippen molar-refractivity contribution in [2.45, 2.75) is 24.1 Å². The van der Waals surface area contributed by atoms with Crippen LogP contribution in [0.4, 0.5) is 0 Å². The minimum Gasteiger partial charge on any atom is -0.316 e. The highest BCUT2D eigenvalue weighted by Crippen LogP contribution is 2.20. The van der Waals surface area contributed by atoms with Crippen molar-refractivity contribution in [1.29, 1.82) is 0 Å². The number of hydrogen-bond acceptors (Lipinski definition) is 4. The zero-order valence-corrected chi connectivity index (χ0v) is 13.9. The Labute approximate surface area is 130 Å². The molecule has 21 heavy (non-hydrogen) atoms. The SMILES string of the molecule is CNCc1csc(S(=O)(=O)NCCc2ccccc2C)c1. The quantitative estimate of drug-likeness (QED) is 0.821. The zero-order chi connectivity index (χ0) is 15.3. The summed E-state index contributed by atoms with van der Waals surface area (Å²) in [5.74, 6) is 0. The maximum absolute atomic E-state index is 12.2. The van der Waals surface area contributed by atoms with Crippen LogP contribution in [-0.2, 0) is 23.0 Å². The molecule has 1 aromatic heterocycles. The van der Waals surface area contributed by atoms with Crippen molar-refractivity contribution in [3.8, 4) is 0 Å². The molecule has 0 bridgehead atoms. The molecule has 0 saturated carbocycles. The first-order valence-corrected chi connectivity index (χ1v) is 9.15. The van der Waals surface area contributed by atoms with E-state index in [4.69, 9.17) is 0 Å². The molecular formula is C15H20N2O2S2. The first-order chi connectivity index (χ1) is 10.0. The van der Waals surface area contributed by atoms with Gasteiger partial charge in [0, 0.05) is 13.1 Å². The Morgan fingerprint density at radius 3 is 2.71 bits per heavy atom. The Bertz CT molecular complexity index is 693. The summed E-state index contributed by atoms with van der Waals surface area (Å²) in [6, 6.07) is 9.74. The predicted octanol–water partition coefficient (Wildman–Crippen LogP) is 2.30. The molecule has 2 rings (SSSR count). The molecule has 0 radical (unpaired) electrons. The van der Waals surface area contributed by atoms with Gasteiger partial charge in [0.1, 0.15) is 4.21 Å². The van der Waals surface area contributed by atoms with Crippen LogP contribution in [0.3, 0.4) is 0 Å². The second-order valence-electron chi connectivity index (χ2n) is 4.88. The highest BCUT2D eigenvalue weighted by Gasteiger charge is 2.16. The number of aryl methyl sites for hydroxylation is 1. The van der Waals surface area contributed by atoms with Crippen LogP contribution in [0.25, 0.3) is 0 Å². The largest absolute Gasteiger partial charge is 0.316 e. The average Bonchev–Trinajstić information content (AvgIpc) is 2.91. The Hall–Kier alpha value is -1.21. The number of sulfonamides is 1. The van der Waals surface area contributed by atoms with Gasteiger partial charge in [-0.15, -0.1) is 11.3 Å².